The minimum Gasteiger partial charge on any atom is -0.497 e. The highest BCUT2D eigenvalue weighted by Gasteiger charge is 2.14. The molecular formula is C16H15N5O4S. The van der Waals surface area contributed by atoms with Crippen LogP contribution in [0.5, 0.6) is 11.6 Å². The molecule has 9 nitrogen and oxygen atoms in total. The second kappa shape index (κ2) is 7.31. The number of H-pyrrole nitrogens is 1. The summed E-state index contributed by atoms with van der Waals surface area (Å²) in [6.45, 7) is 1.94. The van der Waals surface area contributed by atoms with E-state index in [1.807, 2.05) is 6.92 Å². The predicted octanol–water partition coefficient (Wildman–Crippen LogP) is 1.40. The van der Waals surface area contributed by atoms with Crippen LogP contribution in [0.4, 0.5) is 5.13 Å². The lowest BCUT2D eigenvalue weighted by molar-refractivity contribution is 0.414. The van der Waals surface area contributed by atoms with Crippen molar-refractivity contribution in [3.8, 4) is 17.3 Å². The topological polar surface area (TPSA) is 122 Å². The molecule has 2 N–H and O–H groups in total. The van der Waals surface area contributed by atoms with Crippen LogP contribution in [-0.4, -0.2) is 38.2 Å². The van der Waals surface area contributed by atoms with E-state index in [1.165, 1.54) is 18.4 Å². The van der Waals surface area contributed by atoms with Crippen molar-refractivity contribution >= 4 is 22.7 Å². The number of nitrogens with zero attached hydrogens (tertiary/aromatic N) is 4. The van der Waals surface area contributed by atoms with Crippen LogP contribution < -0.4 is 16.0 Å². The van der Waals surface area contributed by atoms with E-state index >= 15 is 0 Å². The summed E-state index contributed by atoms with van der Waals surface area (Å²) in [4.78, 5) is 30.4. The van der Waals surface area contributed by atoms with Crippen LogP contribution in [0, 0.1) is 0 Å². The molecule has 3 rings (SSSR count). The van der Waals surface area contributed by atoms with E-state index in [0.29, 0.717) is 16.6 Å². The summed E-state index contributed by atoms with van der Waals surface area (Å²) < 4.78 is 6.04. The molecule has 26 heavy (non-hydrogen) atoms. The summed E-state index contributed by atoms with van der Waals surface area (Å²) in [7, 11) is 1.52. The molecule has 0 radical (unpaired) electrons. The Morgan fingerprint density at radius 1 is 1.31 bits per heavy atom. The van der Waals surface area contributed by atoms with E-state index in [1.54, 1.807) is 24.3 Å². The summed E-state index contributed by atoms with van der Waals surface area (Å²) in [6, 6.07) is 6.43. The van der Waals surface area contributed by atoms with E-state index in [9.17, 15) is 14.7 Å². The molecule has 0 spiro atoms. The van der Waals surface area contributed by atoms with Crippen LogP contribution in [0.1, 0.15) is 17.5 Å². The zero-order valence-corrected chi connectivity index (χ0v) is 14.8. The number of rotatable bonds is 5. The molecule has 0 fully saturated rings. The average Bonchev–Trinajstić information content (AvgIpc) is 3.10. The van der Waals surface area contributed by atoms with Gasteiger partial charge in [0.05, 0.1) is 12.8 Å². The van der Waals surface area contributed by atoms with E-state index in [-0.39, 0.29) is 5.56 Å². The SMILES string of the molecule is CCc1nnc(N=Cc2c(O)n(-c3ccc(OC)cc3)c(=O)[nH]c2=O)s1. The maximum absolute atomic E-state index is 12.1. The van der Waals surface area contributed by atoms with Crippen molar-refractivity contribution in [3.63, 3.8) is 0 Å². The zero-order valence-electron chi connectivity index (χ0n) is 14.0. The van der Waals surface area contributed by atoms with Crippen molar-refractivity contribution in [2.24, 2.45) is 4.99 Å². The Hall–Kier alpha value is -3.27. The highest BCUT2D eigenvalue weighted by molar-refractivity contribution is 7.14. The van der Waals surface area contributed by atoms with Gasteiger partial charge in [-0.3, -0.25) is 9.78 Å². The number of benzene rings is 1. The Balaban J connectivity index is 2.06. The summed E-state index contributed by atoms with van der Waals surface area (Å²) in [5, 5.41) is 19.4. The molecule has 134 valence electrons. The normalized spacial score (nSPS) is 11.2. The van der Waals surface area contributed by atoms with Gasteiger partial charge in [0.2, 0.25) is 11.0 Å². The van der Waals surface area contributed by atoms with Crippen molar-refractivity contribution in [2.45, 2.75) is 13.3 Å². The molecule has 0 saturated carbocycles. The molecule has 10 heteroatoms. The molecule has 2 heterocycles. The van der Waals surface area contributed by atoms with Crippen molar-refractivity contribution in [1.82, 2.24) is 19.7 Å². The van der Waals surface area contributed by atoms with Crippen molar-refractivity contribution < 1.29 is 9.84 Å². The number of aromatic nitrogens is 4. The number of hydrogen-bond acceptors (Lipinski definition) is 8. The summed E-state index contributed by atoms with van der Waals surface area (Å²) in [5.41, 5.74) is -1.31. The quantitative estimate of drug-likeness (QED) is 0.652. The van der Waals surface area contributed by atoms with Crippen LogP contribution in [0.3, 0.4) is 0 Å². The van der Waals surface area contributed by atoms with E-state index in [2.05, 4.69) is 20.2 Å². The van der Waals surface area contributed by atoms with E-state index in [0.717, 1.165) is 22.2 Å². The Labute approximate surface area is 151 Å². The first-order valence-electron chi connectivity index (χ1n) is 7.62. The van der Waals surface area contributed by atoms with Crippen LogP contribution in [0.2, 0.25) is 0 Å². The third-order valence-corrected chi connectivity index (χ3v) is 4.49. The third kappa shape index (κ3) is 3.40. The van der Waals surface area contributed by atoms with Crippen molar-refractivity contribution in [3.05, 3.63) is 55.7 Å². The van der Waals surface area contributed by atoms with Gasteiger partial charge in [0.15, 0.2) is 0 Å². The number of aromatic amines is 1. The molecule has 0 bridgehead atoms. The number of aliphatic imine (C=N–C) groups is 1. The van der Waals surface area contributed by atoms with Gasteiger partial charge in [-0.05, 0) is 30.7 Å². The predicted molar refractivity (Wildman–Crippen MR) is 97.4 cm³/mol. The van der Waals surface area contributed by atoms with Gasteiger partial charge in [0.25, 0.3) is 5.56 Å². The molecule has 0 aliphatic carbocycles. The van der Waals surface area contributed by atoms with Gasteiger partial charge in [-0.15, -0.1) is 10.2 Å². The summed E-state index contributed by atoms with van der Waals surface area (Å²) >= 11 is 1.28. The van der Waals surface area contributed by atoms with Gasteiger partial charge >= 0.3 is 5.69 Å². The Morgan fingerprint density at radius 2 is 2.04 bits per heavy atom. The van der Waals surface area contributed by atoms with E-state index in [4.69, 9.17) is 4.74 Å². The number of aryl methyl sites for hydroxylation is 1. The first-order chi connectivity index (χ1) is 12.5. The zero-order chi connectivity index (χ0) is 18.7. The second-order valence-electron chi connectivity index (χ2n) is 5.12. The van der Waals surface area contributed by atoms with Gasteiger partial charge in [-0.1, -0.05) is 18.3 Å². The molecule has 1 aromatic carbocycles. The Bertz CT molecular complexity index is 1070. The van der Waals surface area contributed by atoms with Crippen LogP contribution in [0.15, 0.2) is 38.8 Å². The summed E-state index contributed by atoms with van der Waals surface area (Å²) in [5.74, 6) is 0.0726. The Kier molecular flexibility index (Phi) is 4.94. The van der Waals surface area contributed by atoms with Gasteiger partial charge < -0.3 is 9.84 Å². The number of hydrogen-bond donors (Lipinski definition) is 2. The first-order valence-corrected chi connectivity index (χ1v) is 8.44. The monoisotopic (exact) mass is 373 g/mol. The van der Waals surface area contributed by atoms with Gasteiger partial charge in [0, 0.05) is 6.21 Å². The number of ether oxygens (including phenoxy) is 1. The molecule has 0 aliphatic rings. The van der Waals surface area contributed by atoms with Crippen LogP contribution in [-0.2, 0) is 6.42 Å². The fraction of sp³-hybridized carbons (Fsp3) is 0.188. The lowest BCUT2D eigenvalue weighted by atomic mass is 10.2. The van der Waals surface area contributed by atoms with Gasteiger partial charge in [-0.2, -0.15) is 0 Å². The molecular weight excluding hydrogens is 358 g/mol. The maximum Gasteiger partial charge on any atom is 0.335 e. The number of nitrogens with one attached hydrogen (secondary N) is 1. The molecule has 0 amide bonds. The molecule has 0 unspecified atom stereocenters. The lowest BCUT2D eigenvalue weighted by Gasteiger charge is -2.10. The smallest absolute Gasteiger partial charge is 0.335 e. The minimum absolute atomic E-state index is 0.159. The average molecular weight is 373 g/mol. The van der Waals surface area contributed by atoms with Crippen LogP contribution in [0.25, 0.3) is 5.69 Å². The Morgan fingerprint density at radius 3 is 2.65 bits per heavy atom. The second-order valence-corrected chi connectivity index (χ2v) is 6.16. The molecule has 0 saturated heterocycles. The maximum atomic E-state index is 12.1. The molecule has 3 aromatic rings. The minimum atomic E-state index is -0.765. The van der Waals surface area contributed by atoms with Gasteiger partial charge in [0.1, 0.15) is 16.3 Å². The summed E-state index contributed by atoms with van der Waals surface area (Å²) in [6.07, 6.45) is 1.88. The standard InChI is InChI=1S/C16H15N5O4S/c1-3-12-19-20-15(26-12)17-8-11-13(22)18-16(24)21(14(11)23)9-4-6-10(25-2)7-5-9/h4-8,23H,3H2,1-2H3,(H,18,22,24). The van der Waals surface area contributed by atoms with Crippen molar-refractivity contribution in [1.29, 1.82) is 0 Å². The fourth-order valence-electron chi connectivity index (χ4n) is 2.19. The number of methoxy groups -OCH3 is 1. The largest absolute Gasteiger partial charge is 0.497 e. The van der Waals surface area contributed by atoms with Crippen molar-refractivity contribution in [2.75, 3.05) is 7.11 Å². The molecule has 2 aromatic heterocycles. The lowest BCUT2D eigenvalue weighted by Crippen LogP contribution is -2.31. The fourth-order valence-corrected chi connectivity index (χ4v) is 2.81. The molecule has 0 aliphatic heterocycles. The first kappa shape index (κ1) is 17.5. The van der Waals surface area contributed by atoms with E-state index < -0.39 is 17.1 Å². The number of aromatic hydroxyl groups is 1. The van der Waals surface area contributed by atoms with Crippen LogP contribution >= 0.6 is 11.3 Å². The van der Waals surface area contributed by atoms with Gasteiger partial charge in [-0.25, -0.2) is 14.4 Å². The third-order valence-electron chi connectivity index (χ3n) is 3.51. The molecule has 0 atom stereocenters. The highest BCUT2D eigenvalue weighted by atomic mass is 32.1. The highest BCUT2D eigenvalue weighted by Crippen LogP contribution is 2.21.